The van der Waals surface area contributed by atoms with Crippen molar-refractivity contribution in [3.8, 4) is 29.0 Å². The third kappa shape index (κ3) is 5.95. The van der Waals surface area contributed by atoms with Gasteiger partial charge in [-0.3, -0.25) is 0 Å². The minimum absolute atomic E-state index is 0.410. The van der Waals surface area contributed by atoms with Gasteiger partial charge in [0.2, 0.25) is 0 Å². The molecule has 0 saturated heterocycles. The molecule has 7 heteroatoms. The van der Waals surface area contributed by atoms with E-state index >= 15 is 0 Å². The van der Waals surface area contributed by atoms with Crippen LogP contribution in [-0.2, 0) is 18.0 Å². The van der Waals surface area contributed by atoms with Gasteiger partial charge in [0.25, 0.3) is 0 Å². The number of rotatable bonds is 7. The fourth-order valence-corrected chi connectivity index (χ4v) is 3.96. The topological polar surface area (TPSA) is 76.0 Å². The average Bonchev–Trinajstić information content (AvgIpc) is 3.32. The lowest BCUT2D eigenvalue weighted by Crippen LogP contribution is -2.14. The first-order chi connectivity index (χ1) is 15.0. The van der Waals surface area contributed by atoms with Gasteiger partial charge >= 0.3 is 0 Å². The number of fused-ring (bicyclic) bond motifs is 1. The number of aliphatic hydroxyl groups is 1. The molecule has 0 atom stereocenters. The third-order valence-corrected chi connectivity index (χ3v) is 6.35. The maximum absolute atomic E-state index is 9.97. The molecule has 0 amide bonds. The van der Waals surface area contributed by atoms with E-state index < -0.39 is 15.6 Å². The lowest BCUT2D eigenvalue weighted by Gasteiger charge is -2.24. The summed E-state index contributed by atoms with van der Waals surface area (Å²) in [6.45, 7) is 7.21. The third-order valence-electron chi connectivity index (χ3n) is 4.95. The Hall–Kier alpha value is -2.71. The Balaban J connectivity index is 1.97. The zero-order valence-corrected chi connectivity index (χ0v) is 20.6. The molecule has 0 aliphatic rings. The van der Waals surface area contributed by atoms with Crippen LogP contribution in [-0.4, -0.2) is 56.2 Å². The second-order valence-electron chi connectivity index (χ2n) is 9.27. The van der Waals surface area contributed by atoms with Gasteiger partial charge < -0.3 is 14.4 Å². The van der Waals surface area contributed by atoms with Crippen LogP contribution < -0.4 is 0 Å². The molecule has 0 aliphatic heterocycles. The highest BCUT2D eigenvalue weighted by Crippen LogP contribution is 2.34. The first-order valence-corrected chi connectivity index (χ1v) is 13.6. The first kappa shape index (κ1) is 23.9. The summed E-state index contributed by atoms with van der Waals surface area (Å²) in [7, 11) is -0.576. The van der Waals surface area contributed by atoms with E-state index in [1.807, 2.05) is 18.5 Å². The van der Waals surface area contributed by atoms with E-state index in [0.717, 1.165) is 40.9 Å². The molecule has 2 heterocycles. The lowest BCUT2D eigenvalue weighted by atomic mass is 10.0. The van der Waals surface area contributed by atoms with Gasteiger partial charge in [-0.1, -0.05) is 11.8 Å². The average molecular weight is 453 g/mol. The highest BCUT2D eigenvalue weighted by molar-refractivity contribution is 8.32. The fraction of sp³-hybridized carbons (Fsp3) is 0.440. The molecule has 32 heavy (non-hydrogen) atoms. The Morgan fingerprint density at radius 2 is 1.97 bits per heavy atom. The van der Waals surface area contributed by atoms with E-state index in [-0.39, 0.29) is 0 Å². The van der Waals surface area contributed by atoms with E-state index in [0.29, 0.717) is 17.9 Å². The number of aromatic nitrogens is 3. The number of nitriles is 1. The predicted octanol–water partition coefficient (Wildman–Crippen LogP) is 4.19. The molecule has 0 spiro atoms. The summed E-state index contributed by atoms with van der Waals surface area (Å²) in [5.41, 5.74) is 3.01. The van der Waals surface area contributed by atoms with Crippen molar-refractivity contribution in [1.29, 1.82) is 5.26 Å². The van der Waals surface area contributed by atoms with Crippen molar-refractivity contribution >= 4 is 20.9 Å². The van der Waals surface area contributed by atoms with Crippen molar-refractivity contribution in [3.05, 3.63) is 41.9 Å². The maximum atomic E-state index is 9.97. The minimum Gasteiger partial charge on any atom is -0.378 e. The number of nitrogens with zero attached hydrogens (tertiary/aromatic N) is 4. The summed E-state index contributed by atoms with van der Waals surface area (Å²) in [5.74, 6) is 6.91. The van der Waals surface area contributed by atoms with E-state index in [1.54, 1.807) is 24.6 Å². The molecule has 3 rings (SSSR count). The Morgan fingerprint density at radius 1 is 1.22 bits per heavy atom. The summed E-state index contributed by atoms with van der Waals surface area (Å²) < 4.78 is 9.69. The molecule has 0 bridgehead atoms. The van der Waals surface area contributed by atoms with Gasteiger partial charge in [-0.25, -0.2) is 14.7 Å². The Kier molecular flexibility index (Phi) is 7.05. The zero-order chi connectivity index (χ0) is 23.5. The Bertz CT molecular complexity index is 1210. The van der Waals surface area contributed by atoms with Crippen LogP contribution in [0.2, 0.25) is 0 Å². The normalized spacial score (nSPS) is 12.4. The summed E-state index contributed by atoms with van der Waals surface area (Å²) in [4.78, 5) is 0. The van der Waals surface area contributed by atoms with E-state index in [9.17, 15) is 10.4 Å². The van der Waals surface area contributed by atoms with Crippen molar-refractivity contribution in [3.63, 3.8) is 0 Å². The van der Waals surface area contributed by atoms with E-state index in [2.05, 4.69) is 59.5 Å². The fourth-order valence-electron chi connectivity index (χ4n) is 3.34. The quantitative estimate of drug-likeness (QED) is 0.431. The molecule has 0 fully saturated rings. The molecule has 0 aliphatic carbocycles. The van der Waals surface area contributed by atoms with Gasteiger partial charge in [0.1, 0.15) is 18.4 Å². The molecule has 6 nitrogen and oxygen atoms in total. The standard InChI is InChI=1S/C25H32N4O2S/c1-7-28-17-23(21-15-27-29(16-21)18-31-10-11-32(4,5)6)22-13-19(8-9-25(2,3)30)12-20(14-26)24(22)28/h12-13,15-17,30H,7,10-11,18H2,1-6H3. The number of aryl methyl sites for hydroxylation is 1. The molecule has 2 aromatic heterocycles. The predicted molar refractivity (Wildman–Crippen MR) is 133 cm³/mol. The van der Waals surface area contributed by atoms with E-state index in [4.69, 9.17) is 4.74 Å². The van der Waals surface area contributed by atoms with Gasteiger partial charge in [-0.15, -0.1) is 0 Å². The molecule has 0 radical (unpaired) electrons. The Morgan fingerprint density at radius 3 is 2.59 bits per heavy atom. The van der Waals surface area contributed by atoms with Crippen LogP contribution in [0.4, 0.5) is 0 Å². The van der Waals surface area contributed by atoms with Crippen LogP contribution >= 0.6 is 10.0 Å². The minimum atomic E-state index is -1.10. The maximum Gasteiger partial charge on any atom is 0.139 e. The van der Waals surface area contributed by atoms with Crippen molar-refractivity contribution in [2.75, 3.05) is 31.1 Å². The molecule has 170 valence electrons. The van der Waals surface area contributed by atoms with Gasteiger partial charge in [0, 0.05) is 46.8 Å². The molecule has 0 unspecified atom stereocenters. The summed E-state index contributed by atoms with van der Waals surface area (Å²) in [6, 6.07) is 6.07. The van der Waals surface area contributed by atoms with Crippen LogP contribution in [0.3, 0.4) is 0 Å². The molecule has 0 saturated carbocycles. The van der Waals surface area contributed by atoms with Crippen molar-refractivity contribution < 1.29 is 9.84 Å². The first-order valence-electron chi connectivity index (χ1n) is 10.6. The lowest BCUT2D eigenvalue weighted by molar-refractivity contribution is 0.0809. The van der Waals surface area contributed by atoms with Gasteiger partial charge in [-0.05, 0) is 51.7 Å². The Labute approximate surface area is 192 Å². The number of benzene rings is 1. The van der Waals surface area contributed by atoms with Crippen molar-refractivity contribution in [1.82, 2.24) is 14.3 Å². The van der Waals surface area contributed by atoms with Gasteiger partial charge in [-0.2, -0.15) is 10.4 Å². The second-order valence-corrected chi connectivity index (χ2v) is 13.9. The highest BCUT2D eigenvalue weighted by Gasteiger charge is 2.16. The number of hydrogen-bond donors (Lipinski definition) is 1. The molecule has 3 aromatic rings. The van der Waals surface area contributed by atoms with Crippen molar-refractivity contribution in [2.24, 2.45) is 0 Å². The highest BCUT2D eigenvalue weighted by atomic mass is 32.3. The summed E-state index contributed by atoms with van der Waals surface area (Å²) >= 11 is 0. The van der Waals surface area contributed by atoms with Gasteiger partial charge in [0.15, 0.2) is 0 Å². The smallest absolute Gasteiger partial charge is 0.139 e. The second kappa shape index (κ2) is 9.42. The summed E-state index contributed by atoms with van der Waals surface area (Å²) in [5, 5.41) is 25.2. The van der Waals surface area contributed by atoms with E-state index in [1.165, 1.54) is 0 Å². The molecular formula is C25H32N4O2S. The monoisotopic (exact) mass is 452 g/mol. The van der Waals surface area contributed by atoms with Gasteiger partial charge in [0.05, 0.1) is 23.9 Å². The number of ether oxygens (including phenoxy) is 1. The number of hydrogen-bond acceptors (Lipinski definition) is 4. The van der Waals surface area contributed by atoms with Crippen LogP contribution in [0.25, 0.3) is 22.0 Å². The van der Waals surface area contributed by atoms with Crippen molar-refractivity contribution in [2.45, 2.75) is 39.6 Å². The van der Waals surface area contributed by atoms with Crippen LogP contribution in [0, 0.1) is 23.2 Å². The molecule has 1 N–H and O–H groups in total. The van der Waals surface area contributed by atoms with Crippen LogP contribution in [0.1, 0.15) is 31.9 Å². The SMILES string of the molecule is CCn1cc(-c2cnn(COCCS(C)(C)C)c2)c2cc(C#CC(C)(C)O)cc(C#N)c21. The molecular weight excluding hydrogens is 420 g/mol. The van der Waals surface area contributed by atoms with Crippen LogP contribution in [0.15, 0.2) is 30.7 Å². The summed E-state index contributed by atoms with van der Waals surface area (Å²) in [6.07, 6.45) is 12.7. The molecule has 1 aromatic carbocycles. The largest absolute Gasteiger partial charge is 0.378 e. The van der Waals surface area contributed by atoms with Crippen LogP contribution in [0.5, 0.6) is 0 Å². The zero-order valence-electron chi connectivity index (χ0n) is 19.8.